The second-order valence-electron chi connectivity index (χ2n) is 4.62. The predicted molar refractivity (Wildman–Crippen MR) is 75.1 cm³/mol. The van der Waals surface area contributed by atoms with E-state index in [9.17, 15) is 0 Å². The minimum absolute atomic E-state index is 0.139. The number of para-hydroxylation sites is 1. The molecule has 19 heavy (non-hydrogen) atoms. The molecule has 0 aliphatic carbocycles. The molecular formula is C14H14ClN3O. The maximum atomic E-state index is 6.25. The van der Waals surface area contributed by atoms with E-state index in [1.165, 1.54) is 6.20 Å². The molecule has 1 aliphatic rings. The molecule has 1 aromatic carbocycles. The van der Waals surface area contributed by atoms with Gasteiger partial charge in [0.25, 0.3) is 0 Å². The lowest BCUT2D eigenvalue weighted by atomic mass is 9.99. The number of pyridine rings is 1. The van der Waals surface area contributed by atoms with E-state index in [2.05, 4.69) is 4.98 Å². The zero-order chi connectivity index (χ0) is 13.4. The van der Waals surface area contributed by atoms with Crippen molar-refractivity contribution in [3.63, 3.8) is 0 Å². The molecule has 5 heteroatoms. The van der Waals surface area contributed by atoms with Crippen molar-refractivity contribution >= 4 is 17.4 Å². The van der Waals surface area contributed by atoms with Crippen molar-refractivity contribution < 1.29 is 4.74 Å². The number of ether oxygens (including phenoxy) is 1. The van der Waals surface area contributed by atoms with Crippen LogP contribution in [0.4, 0.5) is 5.82 Å². The van der Waals surface area contributed by atoms with Gasteiger partial charge >= 0.3 is 0 Å². The van der Waals surface area contributed by atoms with Crippen molar-refractivity contribution in [2.24, 2.45) is 5.73 Å². The van der Waals surface area contributed by atoms with Crippen LogP contribution in [0.25, 0.3) is 0 Å². The molecule has 0 radical (unpaired) electrons. The Hall–Kier alpha value is -1.78. The first kappa shape index (κ1) is 12.3. The van der Waals surface area contributed by atoms with Crippen LogP contribution in [-0.2, 0) is 6.42 Å². The second-order valence-corrected chi connectivity index (χ2v) is 5.06. The van der Waals surface area contributed by atoms with E-state index in [-0.39, 0.29) is 12.1 Å². The van der Waals surface area contributed by atoms with Gasteiger partial charge in [-0.25, -0.2) is 4.98 Å². The second kappa shape index (κ2) is 4.72. The van der Waals surface area contributed by atoms with Gasteiger partial charge in [0.2, 0.25) is 0 Å². The first-order chi connectivity index (χ1) is 9.15. The number of benzene rings is 1. The molecule has 4 nitrogen and oxygen atoms in total. The zero-order valence-corrected chi connectivity index (χ0v) is 11.0. The number of nitrogen functional groups attached to an aromatic ring is 1. The molecular weight excluding hydrogens is 262 g/mol. The molecule has 4 N–H and O–H groups in total. The molecule has 0 bridgehead atoms. The number of rotatable bonds is 2. The highest BCUT2D eigenvalue weighted by atomic mass is 35.5. The van der Waals surface area contributed by atoms with Crippen molar-refractivity contribution in [3.05, 3.63) is 52.7 Å². The standard InChI is InChI=1S/C14H14ClN3O/c15-9-6-10(14(17)18-7-9)13(16)12-5-8-3-1-2-4-11(8)19-12/h1-4,6-7,12-13H,5,16H2,(H2,17,18). The molecule has 0 amide bonds. The highest BCUT2D eigenvalue weighted by Gasteiger charge is 2.30. The molecule has 0 saturated heterocycles. The molecule has 2 atom stereocenters. The van der Waals surface area contributed by atoms with Crippen LogP contribution in [0.3, 0.4) is 0 Å². The predicted octanol–water partition coefficient (Wildman–Crippen LogP) is 2.32. The van der Waals surface area contributed by atoms with Gasteiger partial charge in [-0.2, -0.15) is 0 Å². The molecule has 3 rings (SSSR count). The fraction of sp³-hybridized carbons (Fsp3) is 0.214. The van der Waals surface area contributed by atoms with Crippen LogP contribution in [0.2, 0.25) is 5.02 Å². The van der Waals surface area contributed by atoms with Gasteiger partial charge in [0.05, 0.1) is 11.1 Å². The molecule has 1 aromatic heterocycles. The van der Waals surface area contributed by atoms with Crippen LogP contribution in [0.1, 0.15) is 17.2 Å². The quantitative estimate of drug-likeness (QED) is 0.882. The van der Waals surface area contributed by atoms with Gasteiger partial charge in [-0.05, 0) is 17.7 Å². The number of halogens is 1. The lowest BCUT2D eigenvalue weighted by Crippen LogP contribution is -2.30. The summed E-state index contributed by atoms with van der Waals surface area (Å²) in [6, 6.07) is 9.33. The SMILES string of the molecule is Nc1ncc(Cl)cc1C(N)C1Cc2ccccc2O1. The Morgan fingerprint density at radius 1 is 1.37 bits per heavy atom. The molecule has 1 aliphatic heterocycles. The molecule has 98 valence electrons. The largest absolute Gasteiger partial charge is 0.488 e. The first-order valence-electron chi connectivity index (χ1n) is 6.06. The van der Waals surface area contributed by atoms with E-state index in [1.54, 1.807) is 6.07 Å². The van der Waals surface area contributed by atoms with E-state index in [0.717, 1.165) is 23.3 Å². The smallest absolute Gasteiger partial charge is 0.128 e. The van der Waals surface area contributed by atoms with Gasteiger partial charge in [0, 0.05) is 18.2 Å². The van der Waals surface area contributed by atoms with Crippen LogP contribution >= 0.6 is 11.6 Å². The number of nitrogens with two attached hydrogens (primary N) is 2. The van der Waals surface area contributed by atoms with Crippen molar-refractivity contribution in [2.45, 2.75) is 18.6 Å². The van der Waals surface area contributed by atoms with Gasteiger partial charge in [0.1, 0.15) is 17.7 Å². The summed E-state index contributed by atoms with van der Waals surface area (Å²) in [6.45, 7) is 0. The summed E-state index contributed by atoms with van der Waals surface area (Å²) in [6.07, 6.45) is 2.14. The lowest BCUT2D eigenvalue weighted by Gasteiger charge is -2.20. The highest BCUT2D eigenvalue weighted by molar-refractivity contribution is 6.30. The average Bonchev–Trinajstić information content (AvgIpc) is 2.84. The maximum absolute atomic E-state index is 6.25. The van der Waals surface area contributed by atoms with E-state index in [1.807, 2.05) is 24.3 Å². The minimum Gasteiger partial charge on any atom is -0.488 e. The van der Waals surface area contributed by atoms with Crippen LogP contribution in [-0.4, -0.2) is 11.1 Å². The summed E-state index contributed by atoms with van der Waals surface area (Å²) in [5.74, 6) is 1.29. The summed E-state index contributed by atoms with van der Waals surface area (Å²) >= 11 is 5.94. The molecule has 2 aromatic rings. The fourth-order valence-corrected chi connectivity index (χ4v) is 2.51. The third-order valence-corrected chi connectivity index (χ3v) is 3.55. The summed E-state index contributed by atoms with van der Waals surface area (Å²) in [7, 11) is 0. The first-order valence-corrected chi connectivity index (χ1v) is 6.44. The lowest BCUT2D eigenvalue weighted by molar-refractivity contribution is 0.200. The number of fused-ring (bicyclic) bond motifs is 1. The minimum atomic E-state index is -0.349. The van der Waals surface area contributed by atoms with Crippen molar-refractivity contribution in [1.82, 2.24) is 4.98 Å². The van der Waals surface area contributed by atoms with Gasteiger partial charge in [0.15, 0.2) is 0 Å². The Morgan fingerprint density at radius 3 is 2.95 bits per heavy atom. The van der Waals surface area contributed by atoms with E-state index < -0.39 is 0 Å². The Labute approximate surface area is 116 Å². The van der Waals surface area contributed by atoms with Crippen LogP contribution in [0.15, 0.2) is 36.5 Å². The number of hydrogen-bond acceptors (Lipinski definition) is 4. The molecule has 2 unspecified atom stereocenters. The summed E-state index contributed by atoms with van der Waals surface area (Å²) in [5.41, 5.74) is 14.0. The van der Waals surface area contributed by atoms with Gasteiger partial charge < -0.3 is 16.2 Å². The van der Waals surface area contributed by atoms with Gasteiger partial charge in [-0.3, -0.25) is 0 Å². The van der Waals surface area contributed by atoms with Gasteiger partial charge in [-0.15, -0.1) is 0 Å². The number of nitrogens with zero attached hydrogens (tertiary/aromatic N) is 1. The highest BCUT2D eigenvalue weighted by Crippen LogP contribution is 2.34. The maximum Gasteiger partial charge on any atom is 0.128 e. The Bertz CT molecular complexity index is 592. The number of hydrogen-bond donors (Lipinski definition) is 2. The third kappa shape index (κ3) is 2.25. The van der Waals surface area contributed by atoms with Crippen LogP contribution in [0.5, 0.6) is 5.75 Å². The Balaban J connectivity index is 1.87. The monoisotopic (exact) mass is 275 g/mol. The van der Waals surface area contributed by atoms with Crippen LogP contribution in [0, 0.1) is 0 Å². The van der Waals surface area contributed by atoms with Crippen LogP contribution < -0.4 is 16.2 Å². The summed E-state index contributed by atoms with van der Waals surface area (Å²) in [4.78, 5) is 4.03. The third-order valence-electron chi connectivity index (χ3n) is 3.35. The molecule has 0 spiro atoms. The number of anilines is 1. The average molecular weight is 276 g/mol. The van der Waals surface area contributed by atoms with Crippen molar-refractivity contribution in [1.29, 1.82) is 0 Å². The summed E-state index contributed by atoms with van der Waals surface area (Å²) < 4.78 is 5.87. The van der Waals surface area contributed by atoms with Gasteiger partial charge in [-0.1, -0.05) is 29.8 Å². The van der Waals surface area contributed by atoms with Crippen molar-refractivity contribution in [3.8, 4) is 5.75 Å². The molecule has 0 fully saturated rings. The summed E-state index contributed by atoms with van der Waals surface area (Å²) in [5, 5.41) is 0.523. The normalized spacial score (nSPS) is 18.7. The Kier molecular flexibility index (Phi) is 3.05. The number of aromatic nitrogens is 1. The topological polar surface area (TPSA) is 74.2 Å². The van der Waals surface area contributed by atoms with E-state index in [4.69, 9.17) is 27.8 Å². The molecule has 2 heterocycles. The van der Waals surface area contributed by atoms with E-state index >= 15 is 0 Å². The van der Waals surface area contributed by atoms with E-state index in [0.29, 0.717) is 10.8 Å². The Morgan fingerprint density at radius 2 is 2.16 bits per heavy atom. The molecule has 0 saturated carbocycles. The zero-order valence-electron chi connectivity index (χ0n) is 10.2. The fourth-order valence-electron chi connectivity index (χ4n) is 2.34. The van der Waals surface area contributed by atoms with Crippen molar-refractivity contribution in [2.75, 3.05) is 5.73 Å².